The molecule has 5 aromatic carbocycles. The van der Waals surface area contributed by atoms with Crippen molar-refractivity contribution in [2.75, 3.05) is 13.3 Å². The van der Waals surface area contributed by atoms with Gasteiger partial charge in [-0.1, -0.05) is 121 Å². The Morgan fingerprint density at radius 1 is 0.488 bits per heavy atom. The van der Waals surface area contributed by atoms with Gasteiger partial charge in [0.1, 0.15) is 0 Å². The van der Waals surface area contributed by atoms with Gasteiger partial charge >= 0.3 is 39.7 Å². The van der Waals surface area contributed by atoms with E-state index < -0.39 is 0 Å². The minimum atomic E-state index is -0.171. The fourth-order valence-corrected chi connectivity index (χ4v) is 6.30. The van der Waals surface area contributed by atoms with Gasteiger partial charge in [0, 0.05) is 21.1 Å². The van der Waals surface area contributed by atoms with E-state index in [1.807, 2.05) is 30.3 Å². The van der Waals surface area contributed by atoms with E-state index >= 15 is 0 Å². The maximum Gasteiger partial charge on any atom is 2.00 e. The molecule has 0 aromatic heterocycles. The fraction of sp³-hybridized carbons (Fsp3) is 0.0588. The van der Waals surface area contributed by atoms with Gasteiger partial charge in [0.25, 0.3) is 0 Å². The van der Waals surface area contributed by atoms with Crippen molar-refractivity contribution in [3.05, 3.63) is 165 Å². The first-order valence-corrected chi connectivity index (χ1v) is 15.8. The molecule has 0 aliphatic rings. The van der Waals surface area contributed by atoms with Crippen LogP contribution < -0.4 is 21.2 Å². The topological polar surface area (TPSA) is 39.8 Å². The summed E-state index contributed by atoms with van der Waals surface area (Å²) in [5.41, 5.74) is 0. The van der Waals surface area contributed by atoms with E-state index in [-0.39, 0.29) is 54.0 Å². The summed E-state index contributed by atoms with van der Waals surface area (Å²) in [6.07, 6.45) is 0. The Bertz CT molecular complexity index is 1060. The molecule has 213 valence electrons. The Hall–Kier alpha value is -2.13. The summed E-state index contributed by atoms with van der Waals surface area (Å²) in [7, 11) is -0.342. The summed E-state index contributed by atoms with van der Waals surface area (Å²) >= 11 is 3.58. The summed E-state index contributed by atoms with van der Waals surface area (Å²) in [5.74, 6) is 4.08. The molecule has 0 atom stereocenters. The quantitative estimate of drug-likeness (QED) is 0.0617. The van der Waals surface area contributed by atoms with E-state index in [0.717, 1.165) is 0 Å². The number of hydrogen-bond donors (Lipinski definition) is 0. The second-order valence-electron chi connectivity index (χ2n) is 7.42. The van der Waals surface area contributed by atoms with Crippen molar-refractivity contribution in [1.82, 2.24) is 0 Å². The van der Waals surface area contributed by atoms with Crippen LogP contribution in [-0.4, -0.2) is 19.2 Å². The van der Waals surface area contributed by atoms with E-state index in [2.05, 4.69) is 166 Å². The predicted molar refractivity (Wildman–Crippen MR) is 174 cm³/mol. The van der Waals surface area contributed by atoms with Gasteiger partial charge in [-0.05, 0) is 50.4 Å². The molecule has 5 rings (SSSR count). The van der Waals surface area contributed by atoms with E-state index in [4.69, 9.17) is 9.30 Å². The molecule has 1 radical (unpaired) electrons. The molecule has 2 nitrogen and oxygen atoms in total. The maximum atomic E-state index is 7.50. The van der Waals surface area contributed by atoms with Crippen LogP contribution in [0.1, 0.15) is 0 Å². The Morgan fingerprint density at radius 3 is 0.829 bits per heavy atom. The molecule has 0 bridgehead atoms. The third kappa shape index (κ3) is 18.8. The summed E-state index contributed by atoms with van der Waals surface area (Å²) in [6.45, 7) is 13.6. The van der Waals surface area contributed by atoms with Gasteiger partial charge in [-0.25, -0.2) is 12.1 Å². The van der Waals surface area contributed by atoms with Crippen LogP contribution in [-0.2, 0) is 47.4 Å². The summed E-state index contributed by atoms with van der Waals surface area (Å²) in [4.78, 5) is 0. The van der Waals surface area contributed by atoms with E-state index in [0.29, 0.717) is 0 Å². The second-order valence-corrected chi connectivity index (χ2v) is 11.7. The van der Waals surface area contributed by atoms with Gasteiger partial charge in [-0.3, -0.25) is 0 Å². The van der Waals surface area contributed by atoms with Gasteiger partial charge in [-0.2, -0.15) is 18.2 Å². The zero-order valence-corrected chi connectivity index (χ0v) is 28.9. The average Bonchev–Trinajstić information content (AvgIpc) is 3.66. The Morgan fingerprint density at radius 2 is 0.683 bits per heavy atom. The number of benzene rings is 4. The molecule has 5 aromatic rings. The first-order valence-electron chi connectivity index (χ1n) is 11.7. The molecular weight excluding hydrogens is 784 g/mol. The van der Waals surface area contributed by atoms with Crippen LogP contribution in [0.5, 0.6) is 0 Å². The standard InChI is InChI=1S/2C13H13P.C5H5.2CO.CHS.Mn.Pt/c2*1-14(12-8-4-2-5-9-12)13-10-6-3-7-11-13;1-2-4-5-3-1;3*1-2;;/h2*2-11H,1H3;1-5H;;;1H;;/q;;-1;;;-1;+2;. The van der Waals surface area contributed by atoms with E-state index in [1.54, 1.807) is 0 Å². The largest absolute Gasteiger partial charge is 2.00 e. The maximum absolute atomic E-state index is 7.50. The molecule has 0 saturated carbocycles. The molecule has 0 spiro atoms. The normalized spacial score (nSPS) is 8.29. The molecule has 0 aliphatic carbocycles. The van der Waals surface area contributed by atoms with Crippen molar-refractivity contribution in [2.24, 2.45) is 0 Å². The molecule has 0 unspecified atom stereocenters. The molecule has 41 heavy (non-hydrogen) atoms. The number of thiocarbonyl (C=S) groups is 1. The van der Waals surface area contributed by atoms with Crippen LogP contribution in [0.25, 0.3) is 0 Å². The van der Waals surface area contributed by atoms with Crippen molar-refractivity contribution in [3.8, 4) is 0 Å². The smallest absolute Gasteiger partial charge is 0.442 e. The van der Waals surface area contributed by atoms with Crippen molar-refractivity contribution < 1.29 is 47.4 Å². The van der Waals surface area contributed by atoms with Crippen LogP contribution in [0.15, 0.2) is 152 Å². The van der Waals surface area contributed by atoms with Gasteiger partial charge in [0.05, 0.1) is 0 Å². The van der Waals surface area contributed by atoms with Crippen LogP contribution >= 0.6 is 28.1 Å². The molecule has 7 heteroatoms. The van der Waals surface area contributed by atoms with Crippen LogP contribution in [0.2, 0.25) is 0 Å². The number of hydrogen-bond acceptors (Lipinski definition) is 1. The summed E-state index contributed by atoms with van der Waals surface area (Å²) < 4.78 is 15.0. The van der Waals surface area contributed by atoms with Gasteiger partial charge < -0.3 is 18.1 Å². The van der Waals surface area contributed by atoms with Crippen LogP contribution in [0.3, 0.4) is 0 Å². The van der Waals surface area contributed by atoms with Gasteiger partial charge in [-0.15, -0.1) is 0 Å². The molecule has 0 N–H and O–H groups in total. The van der Waals surface area contributed by atoms with Crippen molar-refractivity contribution >= 4 is 55.1 Å². The van der Waals surface area contributed by atoms with Gasteiger partial charge in [0.15, 0.2) is 0 Å². The first kappa shape index (κ1) is 43.3. The van der Waals surface area contributed by atoms with Crippen molar-refractivity contribution in [3.63, 3.8) is 0 Å². The van der Waals surface area contributed by atoms with Crippen LogP contribution in [0.4, 0.5) is 0 Å². The zero-order valence-electron chi connectivity index (χ0n) is 22.8. The number of rotatable bonds is 4. The predicted octanol–water partition coefficient (Wildman–Crippen LogP) is 7.32. The first-order chi connectivity index (χ1) is 19.3. The monoisotopic (exact) mass is 816 g/mol. The minimum absolute atomic E-state index is 0. The third-order valence-corrected chi connectivity index (χ3v) is 9.42. The molecule has 0 saturated heterocycles. The summed E-state index contributed by atoms with van der Waals surface area (Å²) in [6, 6.07) is 52.8. The SMILES string of the molecule is CP(c1ccccc1)c1ccccc1.CP(c1ccccc1)c1ccccc1.[C-]#[O+].[C-]#[O+].[CH-]=S.[Mn+2].[Pt].c1cc[cH-]c1. The Labute approximate surface area is 279 Å². The Balaban J connectivity index is -0.000000504. The van der Waals surface area contributed by atoms with Gasteiger partial charge in [0.2, 0.25) is 0 Å². The Kier molecular flexibility index (Phi) is 32.6. The molecule has 0 heterocycles. The van der Waals surface area contributed by atoms with E-state index in [1.165, 1.54) is 21.2 Å². The molecular formula is C34H32MnO2P2PtS. The molecule has 0 fully saturated rings. The minimum Gasteiger partial charge on any atom is -0.442 e. The van der Waals surface area contributed by atoms with Crippen molar-refractivity contribution in [1.29, 1.82) is 0 Å². The second kappa shape index (κ2) is 30.8. The average molecular weight is 817 g/mol. The third-order valence-electron chi connectivity index (χ3n) is 5.13. The zero-order chi connectivity index (χ0) is 29.1. The fourth-order valence-electron chi connectivity index (χ4n) is 3.23. The molecule has 0 amide bonds. The van der Waals surface area contributed by atoms with Crippen LogP contribution in [0, 0.1) is 13.3 Å². The molecule has 0 aliphatic heterocycles. The van der Waals surface area contributed by atoms with E-state index in [9.17, 15) is 0 Å². The van der Waals surface area contributed by atoms with Crippen molar-refractivity contribution in [2.45, 2.75) is 0 Å². The summed E-state index contributed by atoms with van der Waals surface area (Å²) in [5, 5.41) is 5.75.